The summed E-state index contributed by atoms with van der Waals surface area (Å²) in [5, 5.41) is 0. The summed E-state index contributed by atoms with van der Waals surface area (Å²) in [7, 11) is 0. The number of rotatable bonds is 2. The van der Waals surface area contributed by atoms with Crippen LogP contribution in [0.4, 0.5) is 17.6 Å². The number of halogens is 4. The van der Waals surface area contributed by atoms with E-state index in [1.54, 1.807) is 0 Å². The predicted octanol–water partition coefficient (Wildman–Crippen LogP) is 3.60. The van der Waals surface area contributed by atoms with Crippen LogP contribution in [-0.4, -0.2) is 18.5 Å². The van der Waals surface area contributed by atoms with E-state index in [1.165, 1.54) is 0 Å². The highest BCUT2D eigenvalue weighted by molar-refractivity contribution is 5.99. The minimum absolute atomic E-state index is 0.0857. The van der Waals surface area contributed by atoms with Gasteiger partial charge in [0.05, 0.1) is 5.56 Å². The lowest BCUT2D eigenvalue weighted by Gasteiger charge is -2.21. The fourth-order valence-electron chi connectivity index (χ4n) is 2.03. The number of Topliss-reactive ketones (excluding diaryl/α,β-unsaturated/α-hetero) is 1. The summed E-state index contributed by atoms with van der Waals surface area (Å²) in [6.07, 6.45) is -3.25. The average Bonchev–Trinajstić information content (AvgIpc) is 2.37. The topological polar surface area (TPSA) is 26.3 Å². The maximum atomic E-state index is 13.4. The van der Waals surface area contributed by atoms with E-state index < -0.39 is 29.4 Å². The molecule has 0 spiro atoms. The summed E-state index contributed by atoms with van der Waals surface area (Å²) < 4.78 is 55.8. The quantitative estimate of drug-likeness (QED) is 0.609. The van der Waals surface area contributed by atoms with Gasteiger partial charge in [-0.3, -0.25) is 4.79 Å². The number of hydrogen-bond donors (Lipinski definition) is 0. The highest BCUT2D eigenvalue weighted by Crippen LogP contribution is 2.32. The van der Waals surface area contributed by atoms with Crippen LogP contribution in [0.1, 0.15) is 35.2 Å². The van der Waals surface area contributed by atoms with E-state index >= 15 is 0 Å². The monoisotopic (exact) mass is 276 g/mol. The second-order valence-electron chi connectivity index (χ2n) is 4.41. The van der Waals surface area contributed by atoms with Crippen LogP contribution in [0.5, 0.6) is 0 Å². The van der Waals surface area contributed by atoms with Crippen LogP contribution in [-0.2, 0) is 10.9 Å². The van der Waals surface area contributed by atoms with E-state index in [-0.39, 0.29) is 5.56 Å². The van der Waals surface area contributed by atoms with Crippen molar-refractivity contribution in [3.8, 4) is 0 Å². The van der Waals surface area contributed by atoms with Gasteiger partial charge in [-0.05, 0) is 31.4 Å². The van der Waals surface area contributed by atoms with Gasteiger partial charge in [0.15, 0.2) is 5.78 Å². The first-order valence-electron chi connectivity index (χ1n) is 5.92. The molecule has 0 aromatic heterocycles. The Balaban J connectivity index is 2.22. The molecule has 19 heavy (non-hydrogen) atoms. The third-order valence-corrected chi connectivity index (χ3v) is 3.03. The highest BCUT2D eigenvalue weighted by atomic mass is 19.4. The Morgan fingerprint density at radius 3 is 2.53 bits per heavy atom. The predicted molar refractivity (Wildman–Crippen MR) is 59.3 cm³/mol. The largest absolute Gasteiger partial charge is 0.419 e. The third kappa shape index (κ3) is 3.12. The van der Waals surface area contributed by atoms with E-state index in [0.717, 1.165) is 18.9 Å². The molecule has 0 radical (unpaired) electrons. The van der Waals surface area contributed by atoms with E-state index in [4.69, 9.17) is 4.74 Å². The van der Waals surface area contributed by atoms with Gasteiger partial charge in [0, 0.05) is 12.2 Å². The van der Waals surface area contributed by atoms with Gasteiger partial charge >= 0.3 is 6.18 Å². The maximum Gasteiger partial charge on any atom is 0.419 e. The standard InChI is InChI=1S/C13H12F4O2/c14-10-7-8(4-5-9(10)13(15,16)17)12(18)11-3-1-2-6-19-11/h4-5,7,11H,1-3,6H2. The first-order valence-corrected chi connectivity index (χ1v) is 5.92. The van der Waals surface area contributed by atoms with Crippen LogP contribution in [0.3, 0.4) is 0 Å². The Bertz CT molecular complexity index is 476. The second-order valence-corrected chi connectivity index (χ2v) is 4.41. The zero-order valence-electron chi connectivity index (χ0n) is 9.97. The Morgan fingerprint density at radius 2 is 2.00 bits per heavy atom. The number of ether oxygens (including phenoxy) is 1. The van der Waals surface area contributed by atoms with Crippen molar-refractivity contribution in [2.24, 2.45) is 0 Å². The molecule has 1 aromatic rings. The minimum Gasteiger partial charge on any atom is -0.370 e. The average molecular weight is 276 g/mol. The van der Waals surface area contributed by atoms with Gasteiger partial charge in [-0.15, -0.1) is 0 Å². The van der Waals surface area contributed by atoms with Crippen molar-refractivity contribution in [2.75, 3.05) is 6.61 Å². The molecule has 2 rings (SSSR count). The highest BCUT2D eigenvalue weighted by Gasteiger charge is 2.34. The Labute approximate surface area is 107 Å². The maximum absolute atomic E-state index is 13.4. The molecular weight excluding hydrogens is 264 g/mol. The van der Waals surface area contributed by atoms with Crippen LogP contribution >= 0.6 is 0 Å². The number of benzene rings is 1. The summed E-state index contributed by atoms with van der Waals surface area (Å²) in [6, 6.07) is 2.21. The summed E-state index contributed by atoms with van der Waals surface area (Å²) in [5.74, 6) is -1.90. The summed E-state index contributed by atoms with van der Waals surface area (Å²) in [5.41, 5.74) is -1.45. The van der Waals surface area contributed by atoms with Crippen molar-refractivity contribution >= 4 is 5.78 Å². The van der Waals surface area contributed by atoms with Gasteiger partial charge in [0.2, 0.25) is 0 Å². The molecule has 1 fully saturated rings. The lowest BCUT2D eigenvalue weighted by molar-refractivity contribution is -0.140. The normalized spacial score (nSPS) is 20.3. The first kappa shape index (κ1) is 14.0. The first-order chi connectivity index (χ1) is 8.89. The lowest BCUT2D eigenvalue weighted by atomic mass is 9.98. The van der Waals surface area contributed by atoms with Crippen LogP contribution in [0.25, 0.3) is 0 Å². The van der Waals surface area contributed by atoms with Gasteiger partial charge in [0.25, 0.3) is 0 Å². The molecule has 1 aliphatic rings. The SMILES string of the molecule is O=C(c1ccc(C(F)(F)F)c(F)c1)C1CCCCO1. The van der Waals surface area contributed by atoms with E-state index in [2.05, 4.69) is 0 Å². The Hall–Kier alpha value is -1.43. The zero-order valence-corrected chi connectivity index (χ0v) is 9.97. The molecule has 0 amide bonds. The van der Waals surface area contributed by atoms with Gasteiger partial charge < -0.3 is 4.74 Å². The number of hydrogen-bond acceptors (Lipinski definition) is 2. The van der Waals surface area contributed by atoms with Crippen LogP contribution in [0, 0.1) is 5.82 Å². The molecule has 0 bridgehead atoms. The van der Waals surface area contributed by atoms with Crippen LogP contribution < -0.4 is 0 Å². The number of carbonyl (C=O) groups excluding carboxylic acids is 1. The molecule has 6 heteroatoms. The number of alkyl halides is 3. The van der Waals surface area contributed by atoms with Crippen LogP contribution in [0.2, 0.25) is 0 Å². The summed E-state index contributed by atoms with van der Waals surface area (Å²) in [6.45, 7) is 0.444. The van der Waals surface area contributed by atoms with E-state index in [0.29, 0.717) is 25.2 Å². The minimum atomic E-state index is -4.76. The van der Waals surface area contributed by atoms with Crippen molar-refractivity contribution in [1.82, 2.24) is 0 Å². The van der Waals surface area contributed by atoms with E-state index in [1.807, 2.05) is 0 Å². The smallest absolute Gasteiger partial charge is 0.370 e. The molecule has 104 valence electrons. The van der Waals surface area contributed by atoms with Crippen molar-refractivity contribution in [1.29, 1.82) is 0 Å². The van der Waals surface area contributed by atoms with E-state index in [9.17, 15) is 22.4 Å². The molecular formula is C13H12F4O2. The molecule has 1 aromatic carbocycles. The van der Waals surface area contributed by atoms with Gasteiger partial charge in [-0.1, -0.05) is 6.07 Å². The van der Waals surface area contributed by atoms with Crippen molar-refractivity contribution in [2.45, 2.75) is 31.5 Å². The molecule has 1 aliphatic heterocycles. The number of carbonyl (C=O) groups is 1. The Kier molecular flexibility index (Phi) is 3.89. The zero-order chi connectivity index (χ0) is 14.0. The van der Waals surface area contributed by atoms with Crippen LogP contribution in [0.15, 0.2) is 18.2 Å². The summed E-state index contributed by atoms with van der Waals surface area (Å²) in [4.78, 5) is 11.9. The molecule has 1 atom stereocenters. The molecule has 1 unspecified atom stereocenters. The van der Waals surface area contributed by atoms with Crippen molar-refractivity contribution in [3.63, 3.8) is 0 Å². The lowest BCUT2D eigenvalue weighted by Crippen LogP contribution is -2.28. The summed E-state index contributed by atoms with van der Waals surface area (Å²) >= 11 is 0. The molecule has 1 heterocycles. The Morgan fingerprint density at radius 1 is 1.26 bits per heavy atom. The molecule has 0 aliphatic carbocycles. The molecule has 2 nitrogen and oxygen atoms in total. The fourth-order valence-corrected chi connectivity index (χ4v) is 2.03. The van der Waals surface area contributed by atoms with Crippen molar-refractivity contribution in [3.05, 3.63) is 35.1 Å². The third-order valence-electron chi connectivity index (χ3n) is 3.03. The van der Waals surface area contributed by atoms with Gasteiger partial charge in [-0.25, -0.2) is 4.39 Å². The van der Waals surface area contributed by atoms with Gasteiger partial charge in [-0.2, -0.15) is 13.2 Å². The molecule has 1 saturated heterocycles. The fraction of sp³-hybridized carbons (Fsp3) is 0.462. The second kappa shape index (κ2) is 5.28. The van der Waals surface area contributed by atoms with Gasteiger partial charge in [0.1, 0.15) is 11.9 Å². The van der Waals surface area contributed by atoms with Crippen molar-refractivity contribution < 1.29 is 27.1 Å². The number of ketones is 1. The molecule has 0 saturated carbocycles. The molecule has 0 N–H and O–H groups in total.